The van der Waals surface area contributed by atoms with Gasteiger partial charge in [-0.15, -0.1) is 0 Å². The number of aromatic nitrogens is 2. The number of nitrogens with zero attached hydrogens (tertiary/aromatic N) is 2. The number of hydrogen-bond acceptors (Lipinski definition) is 8. The summed E-state index contributed by atoms with van der Waals surface area (Å²) in [6.07, 6.45) is -2.48. The third kappa shape index (κ3) is 3.09. The molecule has 0 saturated carbocycles. The molecule has 6 rings (SSSR count). The summed E-state index contributed by atoms with van der Waals surface area (Å²) in [5.74, 6) is 0.264. The molecular formula is C25H23F2N3O6. The first-order valence-electron chi connectivity index (χ1n) is 11.7. The predicted octanol–water partition coefficient (Wildman–Crippen LogP) is 2.72. The second kappa shape index (κ2) is 7.97. The van der Waals surface area contributed by atoms with Crippen LogP contribution in [0.1, 0.15) is 48.6 Å². The van der Waals surface area contributed by atoms with Crippen LogP contribution in [-0.2, 0) is 28.3 Å². The van der Waals surface area contributed by atoms with Crippen LogP contribution in [0.15, 0.2) is 23.0 Å². The van der Waals surface area contributed by atoms with Crippen LogP contribution in [0.5, 0.6) is 11.5 Å². The van der Waals surface area contributed by atoms with E-state index in [0.717, 1.165) is 0 Å². The fourth-order valence-corrected chi connectivity index (χ4v) is 5.29. The van der Waals surface area contributed by atoms with Gasteiger partial charge in [-0.2, -0.15) is 0 Å². The number of benzene rings is 1. The molecule has 1 aromatic carbocycles. The summed E-state index contributed by atoms with van der Waals surface area (Å²) in [7, 11) is 0. The minimum Gasteiger partial charge on any atom is -0.458 e. The van der Waals surface area contributed by atoms with Gasteiger partial charge in [-0.25, -0.2) is 18.6 Å². The number of hydrogen-bond donors (Lipinski definition) is 2. The van der Waals surface area contributed by atoms with Crippen LogP contribution in [0.3, 0.4) is 0 Å². The van der Waals surface area contributed by atoms with Crippen molar-refractivity contribution in [2.75, 3.05) is 13.3 Å². The summed E-state index contributed by atoms with van der Waals surface area (Å²) in [6.45, 7) is 2.85. The molecule has 0 radical (unpaired) electrons. The number of fused-ring (bicyclic) bond motifs is 5. The van der Waals surface area contributed by atoms with E-state index in [0.29, 0.717) is 44.9 Å². The molecule has 188 valence electrons. The minimum absolute atomic E-state index is 0.0310. The van der Waals surface area contributed by atoms with Gasteiger partial charge in [0, 0.05) is 17.2 Å². The highest BCUT2D eigenvalue weighted by Crippen LogP contribution is 2.47. The molecule has 2 aromatic heterocycles. The van der Waals surface area contributed by atoms with Crippen molar-refractivity contribution in [3.63, 3.8) is 0 Å². The van der Waals surface area contributed by atoms with Gasteiger partial charge in [0.05, 0.1) is 40.9 Å². The van der Waals surface area contributed by atoms with Gasteiger partial charge >= 0.3 is 5.97 Å². The van der Waals surface area contributed by atoms with Crippen molar-refractivity contribution in [3.8, 4) is 22.9 Å². The quantitative estimate of drug-likeness (QED) is 0.403. The van der Waals surface area contributed by atoms with Crippen molar-refractivity contribution in [1.29, 1.82) is 0 Å². The Morgan fingerprint density at radius 3 is 2.78 bits per heavy atom. The van der Waals surface area contributed by atoms with Gasteiger partial charge in [-0.1, -0.05) is 13.0 Å². The number of carbonyl (C=O) groups excluding carboxylic acids is 1. The van der Waals surface area contributed by atoms with E-state index in [4.69, 9.17) is 19.2 Å². The Morgan fingerprint density at radius 2 is 2.03 bits per heavy atom. The molecule has 3 aliphatic heterocycles. The highest BCUT2D eigenvalue weighted by molar-refractivity contribution is 5.98. The van der Waals surface area contributed by atoms with E-state index in [1.807, 2.05) is 0 Å². The molecule has 2 atom stereocenters. The van der Waals surface area contributed by atoms with Crippen LogP contribution in [-0.4, -0.2) is 40.4 Å². The van der Waals surface area contributed by atoms with E-state index in [-0.39, 0.29) is 43.1 Å². The first kappa shape index (κ1) is 22.9. The third-order valence-electron chi connectivity index (χ3n) is 7.25. The fourth-order valence-electron chi connectivity index (χ4n) is 5.29. The molecule has 0 bridgehead atoms. The summed E-state index contributed by atoms with van der Waals surface area (Å²) in [6, 6.07) is 4.70. The van der Waals surface area contributed by atoms with Crippen molar-refractivity contribution >= 4 is 16.9 Å². The molecule has 9 nitrogen and oxygen atoms in total. The zero-order chi connectivity index (χ0) is 25.4. The minimum atomic E-state index is -2.51. The lowest BCUT2D eigenvalue weighted by molar-refractivity contribution is -0.172. The number of ether oxygens (including phenoxy) is 3. The van der Waals surface area contributed by atoms with Crippen LogP contribution in [0, 0.1) is 0 Å². The van der Waals surface area contributed by atoms with E-state index >= 15 is 0 Å². The highest BCUT2D eigenvalue weighted by Gasteiger charge is 2.45. The van der Waals surface area contributed by atoms with E-state index in [9.17, 15) is 23.5 Å². The lowest BCUT2D eigenvalue weighted by Gasteiger charge is -2.31. The molecule has 5 heterocycles. The lowest BCUT2D eigenvalue weighted by Crippen LogP contribution is -2.44. The number of alkyl halides is 2. The van der Waals surface area contributed by atoms with Gasteiger partial charge in [-0.3, -0.25) is 4.79 Å². The molecule has 0 aliphatic carbocycles. The predicted molar refractivity (Wildman–Crippen MR) is 123 cm³/mol. The zero-order valence-corrected chi connectivity index (χ0v) is 19.6. The molecule has 0 amide bonds. The normalized spacial score (nSPS) is 20.3. The number of rotatable bonds is 5. The average molecular weight is 499 g/mol. The summed E-state index contributed by atoms with van der Waals surface area (Å²) >= 11 is 0. The second-order valence-electron chi connectivity index (χ2n) is 9.18. The highest BCUT2D eigenvalue weighted by atomic mass is 19.3. The van der Waals surface area contributed by atoms with E-state index < -0.39 is 30.6 Å². The number of pyridine rings is 2. The largest absolute Gasteiger partial charge is 0.458 e. The molecule has 1 unspecified atom stereocenters. The molecule has 36 heavy (non-hydrogen) atoms. The van der Waals surface area contributed by atoms with E-state index in [1.54, 1.807) is 32.0 Å². The first-order valence-corrected chi connectivity index (χ1v) is 11.7. The van der Waals surface area contributed by atoms with Crippen molar-refractivity contribution in [2.45, 2.75) is 51.5 Å². The Balaban J connectivity index is 1.60. The number of halogens is 2. The van der Waals surface area contributed by atoms with Gasteiger partial charge in [0.2, 0.25) is 6.79 Å². The maximum Gasteiger partial charge on any atom is 0.343 e. The summed E-state index contributed by atoms with van der Waals surface area (Å²) in [5, 5.41) is 14.5. The van der Waals surface area contributed by atoms with Crippen molar-refractivity contribution in [1.82, 2.24) is 14.9 Å². The fraction of sp³-hybridized carbons (Fsp3) is 0.400. The topological polar surface area (TPSA) is 112 Å². The van der Waals surface area contributed by atoms with Gasteiger partial charge in [0.1, 0.15) is 18.1 Å². The van der Waals surface area contributed by atoms with Crippen LogP contribution in [0.25, 0.3) is 22.3 Å². The monoisotopic (exact) mass is 499 g/mol. The van der Waals surface area contributed by atoms with Crippen LogP contribution < -0.4 is 20.3 Å². The summed E-state index contributed by atoms with van der Waals surface area (Å²) in [4.78, 5) is 30.8. The van der Waals surface area contributed by atoms with Crippen LogP contribution in [0.2, 0.25) is 0 Å². The Labute approximate surface area is 203 Å². The Hall–Kier alpha value is -3.57. The number of carbonyl (C=O) groups is 1. The summed E-state index contributed by atoms with van der Waals surface area (Å²) in [5.41, 5.74) is 0.866. The van der Waals surface area contributed by atoms with E-state index in [1.165, 1.54) is 4.57 Å². The van der Waals surface area contributed by atoms with Crippen molar-refractivity contribution < 1.29 is 32.9 Å². The van der Waals surface area contributed by atoms with E-state index in [2.05, 4.69) is 5.32 Å². The van der Waals surface area contributed by atoms with Crippen molar-refractivity contribution in [2.24, 2.45) is 0 Å². The number of cyclic esters (lactones) is 1. The number of esters is 1. The molecule has 0 spiro atoms. The van der Waals surface area contributed by atoms with Crippen LogP contribution in [0.4, 0.5) is 8.78 Å². The average Bonchev–Trinajstić information content (AvgIpc) is 3.25. The first-order chi connectivity index (χ1) is 17.2. The SMILES string of the molecule is CC[C@@]1(O)C(=O)OCc2c1cc1n(c2=O)Cc2c-1nc1c(C(C)NCC(F)F)ccc3c1c2OCO3. The second-order valence-corrected chi connectivity index (χ2v) is 9.18. The molecule has 3 aliphatic rings. The maximum atomic E-state index is 13.5. The standard InChI is InChI=1S/C25H23F2N3O6/c1-3-25(33)15-6-16-20-13(8-30(16)23(31)14(15)9-34-24(25)32)22-19-17(35-10-36-22)5-4-12(21(19)29-20)11(2)28-7-18(26)27/h4-6,11,18,28,33H,3,7-10H2,1-2H3/t11?,25-/m0/s1. The lowest BCUT2D eigenvalue weighted by atomic mass is 9.86. The molecule has 3 aromatic rings. The van der Waals surface area contributed by atoms with Crippen LogP contribution >= 0.6 is 0 Å². The molecule has 0 fully saturated rings. The maximum absolute atomic E-state index is 13.5. The molecule has 0 saturated heterocycles. The Kier molecular flexibility index (Phi) is 5.06. The van der Waals surface area contributed by atoms with Gasteiger partial charge < -0.3 is 29.2 Å². The molecule has 11 heteroatoms. The number of nitrogens with one attached hydrogen (secondary N) is 1. The molecule has 2 N–H and O–H groups in total. The van der Waals surface area contributed by atoms with Gasteiger partial charge in [-0.05, 0) is 31.0 Å². The Bertz CT molecular complexity index is 1500. The van der Waals surface area contributed by atoms with Gasteiger partial charge in [0.15, 0.2) is 5.60 Å². The smallest absolute Gasteiger partial charge is 0.343 e. The number of aliphatic hydroxyl groups is 1. The van der Waals surface area contributed by atoms with Gasteiger partial charge in [0.25, 0.3) is 12.0 Å². The Morgan fingerprint density at radius 1 is 1.22 bits per heavy atom. The third-order valence-corrected chi connectivity index (χ3v) is 7.25. The molecular weight excluding hydrogens is 476 g/mol. The summed E-state index contributed by atoms with van der Waals surface area (Å²) < 4.78 is 43.9. The zero-order valence-electron chi connectivity index (χ0n) is 19.6. The van der Waals surface area contributed by atoms with Crippen molar-refractivity contribution in [3.05, 3.63) is 50.8 Å².